The quantitative estimate of drug-likeness (QED) is 0.654. The Kier molecular flexibility index (Phi) is 3.66. The third-order valence-electron chi connectivity index (χ3n) is 1.93. The van der Waals surface area contributed by atoms with Crippen molar-refractivity contribution in [2.75, 3.05) is 5.75 Å². The van der Waals surface area contributed by atoms with E-state index in [2.05, 4.69) is 15.0 Å². The molecule has 1 N–H and O–H groups in total. The normalized spacial score (nSPS) is 10.1. The van der Waals surface area contributed by atoms with E-state index in [9.17, 15) is 4.79 Å². The van der Waals surface area contributed by atoms with Gasteiger partial charge in [0.2, 0.25) is 0 Å². The van der Waals surface area contributed by atoms with Crippen molar-refractivity contribution in [2.24, 2.45) is 0 Å². The minimum absolute atomic E-state index is 0.0419. The minimum Gasteiger partial charge on any atom is -0.481 e. The Morgan fingerprint density at radius 1 is 1.24 bits per heavy atom. The number of carboxylic acids is 1. The van der Waals surface area contributed by atoms with Crippen LogP contribution in [-0.2, 0) is 4.79 Å². The number of aromatic nitrogens is 3. The summed E-state index contributed by atoms with van der Waals surface area (Å²) in [5, 5.41) is 9.04. The van der Waals surface area contributed by atoms with E-state index in [1.165, 1.54) is 0 Å². The molecule has 0 aliphatic rings. The van der Waals surface area contributed by atoms with Crippen molar-refractivity contribution in [3.05, 3.63) is 36.8 Å². The lowest BCUT2D eigenvalue weighted by Gasteiger charge is -2.01. The van der Waals surface area contributed by atoms with Crippen LogP contribution < -0.4 is 0 Å². The molecule has 0 radical (unpaired) electrons. The average molecular weight is 247 g/mol. The fourth-order valence-corrected chi connectivity index (χ4v) is 1.77. The van der Waals surface area contributed by atoms with E-state index < -0.39 is 5.97 Å². The first-order valence-corrected chi connectivity index (χ1v) is 5.82. The molecule has 86 valence electrons. The van der Waals surface area contributed by atoms with E-state index in [1.807, 2.05) is 12.1 Å². The molecule has 5 nitrogen and oxygen atoms in total. The topological polar surface area (TPSA) is 76.0 Å². The minimum atomic E-state index is -0.882. The van der Waals surface area contributed by atoms with Gasteiger partial charge in [0.1, 0.15) is 0 Å². The van der Waals surface area contributed by atoms with E-state index in [4.69, 9.17) is 5.11 Å². The third-order valence-corrected chi connectivity index (χ3v) is 2.78. The maximum absolute atomic E-state index is 10.4. The third kappa shape index (κ3) is 3.25. The van der Waals surface area contributed by atoms with Gasteiger partial charge in [-0.15, -0.1) is 0 Å². The molecule has 6 heteroatoms. The Hall–Kier alpha value is -1.95. The molecule has 0 aliphatic heterocycles. The molecule has 0 atom stereocenters. The number of rotatable bonds is 4. The van der Waals surface area contributed by atoms with Crippen molar-refractivity contribution < 1.29 is 9.90 Å². The van der Waals surface area contributed by atoms with Crippen molar-refractivity contribution in [1.29, 1.82) is 0 Å². The summed E-state index contributed by atoms with van der Waals surface area (Å²) < 4.78 is 0. The number of carbonyl (C=O) groups is 1. The van der Waals surface area contributed by atoms with Crippen LogP contribution in [0.3, 0.4) is 0 Å². The highest BCUT2D eigenvalue weighted by atomic mass is 32.2. The zero-order chi connectivity index (χ0) is 12.1. The zero-order valence-electron chi connectivity index (χ0n) is 8.78. The van der Waals surface area contributed by atoms with Gasteiger partial charge >= 0.3 is 5.97 Å². The summed E-state index contributed by atoms with van der Waals surface area (Å²) in [5.41, 5.74) is 1.69. The molecule has 2 aromatic rings. The van der Waals surface area contributed by atoms with Gasteiger partial charge in [-0.1, -0.05) is 11.8 Å². The summed E-state index contributed by atoms with van der Waals surface area (Å²) >= 11 is 1.10. The van der Waals surface area contributed by atoms with Crippen LogP contribution >= 0.6 is 11.8 Å². The van der Waals surface area contributed by atoms with E-state index in [0.29, 0.717) is 5.16 Å². The molecule has 0 aromatic carbocycles. The molecular formula is C11H9N3O2S. The average Bonchev–Trinajstić information content (AvgIpc) is 2.38. The number of pyridine rings is 1. The van der Waals surface area contributed by atoms with Crippen molar-refractivity contribution in [3.63, 3.8) is 0 Å². The molecule has 0 aliphatic carbocycles. The molecule has 2 aromatic heterocycles. The molecule has 0 spiro atoms. The Labute approximate surface area is 102 Å². The molecule has 17 heavy (non-hydrogen) atoms. The van der Waals surface area contributed by atoms with Crippen LogP contribution in [0.25, 0.3) is 11.3 Å². The highest BCUT2D eigenvalue weighted by Crippen LogP contribution is 2.19. The van der Waals surface area contributed by atoms with Gasteiger partial charge in [-0.3, -0.25) is 9.78 Å². The van der Waals surface area contributed by atoms with Gasteiger partial charge < -0.3 is 5.11 Å². The summed E-state index contributed by atoms with van der Waals surface area (Å²) in [6.07, 6.45) is 4.98. The second-order valence-corrected chi connectivity index (χ2v) is 4.09. The second-order valence-electron chi connectivity index (χ2n) is 3.14. The number of nitrogens with zero attached hydrogens (tertiary/aromatic N) is 3. The van der Waals surface area contributed by atoms with Crippen LogP contribution in [0, 0.1) is 0 Å². The van der Waals surface area contributed by atoms with Gasteiger partial charge in [0.25, 0.3) is 0 Å². The molecule has 2 heterocycles. The van der Waals surface area contributed by atoms with Crippen LogP contribution in [0.1, 0.15) is 0 Å². The smallest absolute Gasteiger partial charge is 0.313 e. The van der Waals surface area contributed by atoms with Crippen LogP contribution in [-0.4, -0.2) is 31.8 Å². The maximum Gasteiger partial charge on any atom is 0.313 e. The molecule has 0 fully saturated rings. The number of aliphatic carboxylic acids is 1. The van der Waals surface area contributed by atoms with Crippen molar-refractivity contribution >= 4 is 17.7 Å². The lowest BCUT2D eigenvalue weighted by atomic mass is 10.2. The van der Waals surface area contributed by atoms with E-state index >= 15 is 0 Å². The first-order chi connectivity index (χ1) is 8.25. The molecule has 0 unspecified atom stereocenters. The van der Waals surface area contributed by atoms with Gasteiger partial charge in [-0.25, -0.2) is 9.97 Å². The second kappa shape index (κ2) is 5.40. The summed E-state index contributed by atoms with van der Waals surface area (Å²) in [6, 6.07) is 5.46. The Morgan fingerprint density at radius 3 is 2.71 bits per heavy atom. The SMILES string of the molecule is O=C(O)CSc1nccc(-c2ccncc2)n1. The largest absolute Gasteiger partial charge is 0.481 e. The number of hydrogen-bond acceptors (Lipinski definition) is 5. The molecule has 0 saturated heterocycles. The lowest BCUT2D eigenvalue weighted by molar-refractivity contribution is -0.133. The van der Waals surface area contributed by atoms with E-state index in [-0.39, 0.29) is 5.75 Å². The molecular weight excluding hydrogens is 238 g/mol. The van der Waals surface area contributed by atoms with Crippen molar-refractivity contribution in [3.8, 4) is 11.3 Å². The predicted octanol–water partition coefficient (Wildman–Crippen LogP) is 1.72. The predicted molar refractivity (Wildman–Crippen MR) is 63.6 cm³/mol. The summed E-state index contributed by atoms with van der Waals surface area (Å²) in [4.78, 5) is 22.7. The zero-order valence-corrected chi connectivity index (χ0v) is 9.59. The Morgan fingerprint density at radius 2 is 2.00 bits per heavy atom. The Bertz CT molecular complexity index is 519. The standard InChI is InChI=1S/C11H9N3O2S/c15-10(16)7-17-11-13-6-3-9(14-11)8-1-4-12-5-2-8/h1-6H,7H2,(H,15,16). The van der Waals surface area contributed by atoms with Gasteiger partial charge in [0.15, 0.2) is 5.16 Å². The molecule has 0 saturated carbocycles. The van der Waals surface area contributed by atoms with Gasteiger partial charge in [-0.2, -0.15) is 0 Å². The molecule has 0 amide bonds. The maximum atomic E-state index is 10.4. The van der Waals surface area contributed by atoms with Gasteiger partial charge in [0.05, 0.1) is 11.4 Å². The summed E-state index contributed by atoms with van der Waals surface area (Å²) in [5.74, 6) is -0.923. The van der Waals surface area contributed by atoms with Crippen molar-refractivity contribution in [2.45, 2.75) is 5.16 Å². The van der Waals surface area contributed by atoms with Crippen LogP contribution in [0.4, 0.5) is 0 Å². The number of hydrogen-bond donors (Lipinski definition) is 1. The number of carboxylic acid groups (broad SMARTS) is 1. The van der Waals surface area contributed by atoms with Crippen LogP contribution in [0.15, 0.2) is 41.9 Å². The first-order valence-electron chi connectivity index (χ1n) is 4.84. The van der Waals surface area contributed by atoms with E-state index in [1.54, 1.807) is 24.7 Å². The fourth-order valence-electron chi connectivity index (χ4n) is 1.22. The highest BCUT2D eigenvalue weighted by molar-refractivity contribution is 7.99. The van der Waals surface area contributed by atoms with Crippen molar-refractivity contribution in [1.82, 2.24) is 15.0 Å². The first kappa shape index (κ1) is 11.5. The Balaban J connectivity index is 2.20. The summed E-state index contributed by atoms with van der Waals surface area (Å²) in [6.45, 7) is 0. The van der Waals surface area contributed by atoms with Gasteiger partial charge in [-0.05, 0) is 18.2 Å². The highest BCUT2D eigenvalue weighted by Gasteiger charge is 2.04. The van der Waals surface area contributed by atoms with Crippen LogP contribution in [0.2, 0.25) is 0 Å². The van der Waals surface area contributed by atoms with Gasteiger partial charge in [0, 0.05) is 24.2 Å². The van der Waals surface area contributed by atoms with E-state index in [0.717, 1.165) is 23.0 Å². The molecule has 0 bridgehead atoms. The lowest BCUT2D eigenvalue weighted by Crippen LogP contribution is -1.99. The summed E-state index contributed by atoms with van der Waals surface area (Å²) in [7, 11) is 0. The fraction of sp³-hybridized carbons (Fsp3) is 0.0909. The number of thioether (sulfide) groups is 1. The monoisotopic (exact) mass is 247 g/mol. The molecule has 2 rings (SSSR count). The van der Waals surface area contributed by atoms with Crippen LogP contribution in [0.5, 0.6) is 0 Å².